The molecule has 0 unspecified atom stereocenters. The molecule has 2 aliphatic heterocycles. The van der Waals surface area contributed by atoms with Crippen LogP contribution in [0.1, 0.15) is 61.5 Å². The maximum atomic E-state index is 13.3. The quantitative estimate of drug-likeness (QED) is 0.650. The minimum Gasteiger partial charge on any atom is -0.376 e. The molecular formula is C23H31N6O2+. The third kappa shape index (κ3) is 4.27. The van der Waals surface area contributed by atoms with Crippen molar-refractivity contribution in [2.24, 2.45) is 0 Å². The first-order chi connectivity index (χ1) is 15.2. The van der Waals surface area contributed by atoms with Crippen LogP contribution in [0.25, 0.3) is 10.9 Å². The molecule has 5 rings (SSSR count). The van der Waals surface area contributed by atoms with E-state index in [1.54, 1.807) is 0 Å². The molecule has 0 radical (unpaired) electrons. The van der Waals surface area contributed by atoms with Crippen LogP contribution in [0, 0.1) is 6.92 Å². The van der Waals surface area contributed by atoms with Gasteiger partial charge in [0, 0.05) is 12.1 Å². The van der Waals surface area contributed by atoms with E-state index in [0.29, 0.717) is 6.54 Å². The largest absolute Gasteiger partial charge is 0.376 e. The number of aryl methyl sites for hydroxylation is 1. The van der Waals surface area contributed by atoms with Crippen LogP contribution in [0.3, 0.4) is 0 Å². The molecule has 0 aliphatic carbocycles. The topological polar surface area (TPSA) is 90.1 Å². The summed E-state index contributed by atoms with van der Waals surface area (Å²) < 4.78 is 7.71. The van der Waals surface area contributed by atoms with Gasteiger partial charge in [0.25, 0.3) is 5.56 Å². The summed E-state index contributed by atoms with van der Waals surface area (Å²) >= 11 is 0. The van der Waals surface area contributed by atoms with E-state index in [4.69, 9.17) is 4.74 Å². The second-order valence-electron chi connectivity index (χ2n) is 9.00. The van der Waals surface area contributed by atoms with E-state index in [2.05, 4.69) is 39.6 Å². The van der Waals surface area contributed by atoms with Gasteiger partial charge in [0.1, 0.15) is 0 Å². The van der Waals surface area contributed by atoms with Crippen LogP contribution < -0.4 is 10.5 Å². The number of benzene rings is 1. The van der Waals surface area contributed by atoms with Crippen LogP contribution in [0.5, 0.6) is 0 Å². The number of likely N-dealkylation sites (tertiary alicyclic amines) is 1. The Balaban J connectivity index is 1.60. The molecule has 0 bridgehead atoms. The highest BCUT2D eigenvalue weighted by atomic mass is 16.5. The SMILES string of the molecule is Cc1ccc2[nH]c(=O)c([C@H](c3nnnn3C[C@H]3CCCO3)[NH+]3CCCCCC3)cc2c1. The van der Waals surface area contributed by atoms with Crippen molar-refractivity contribution in [1.82, 2.24) is 25.2 Å². The number of H-pyrrole nitrogens is 1. The Morgan fingerprint density at radius 2 is 2.03 bits per heavy atom. The number of rotatable bonds is 5. The van der Waals surface area contributed by atoms with Crippen molar-refractivity contribution in [2.45, 2.75) is 64.1 Å². The summed E-state index contributed by atoms with van der Waals surface area (Å²) in [5.74, 6) is 0.768. The van der Waals surface area contributed by atoms with Gasteiger partial charge < -0.3 is 14.6 Å². The van der Waals surface area contributed by atoms with Gasteiger partial charge in [-0.3, -0.25) is 4.79 Å². The summed E-state index contributed by atoms with van der Waals surface area (Å²) in [5, 5.41) is 13.8. The van der Waals surface area contributed by atoms with E-state index in [-0.39, 0.29) is 17.7 Å². The normalized spacial score (nSPS) is 21.4. The van der Waals surface area contributed by atoms with Crippen molar-refractivity contribution in [3.05, 3.63) is 51.6 Å². The molecule has 2 N–H and O–H groups in total. The summed E-state index contributed by atoms with van der Waals surface area (Å²) in [6.45, 7) is 5.54. The van der Waals surface area contributed by atoms with Crippen molar-refractivity contribution >= 4 is 10.9 Å². The molecule has 2 atom stereocenters. The summed E-state index contributed by atoms with van der Waals surface area (Å²) in [4.78, 5) is 17.7. The molecule has 2 fully saturated rings. The summed E-state index contributed by atoms with van der Waals surface area (Å²) in [6.07, 6.45) is 7.03. The monoisotopic (exact) mass is 423 g/mol. The molecule has 0 amide bonds. The highest BCUT2D eigenvalue weighted by molar-refractivity contribution is 5.79. The number of nitrogens with one attached hydrogen (secondary N) is 2. The Morgan fingerprint density at radius 1 is 1.19 bits per heavy atom. The average Bonchev–Trinajstić information content (AvgIpc) is 3.36. The molecule has 2 saturated heterocycles. The molecule has 2 aromatic heterocycles. The predicted molar refractivity (Wildman–Crippen MR) is 117 cm³/mol. The predicted octanol–water partition coefficient (Wildman–Crippen LogP) is 1.55. The van der Waals surface area contributed by atoms with Crippen LogP contribution >= 0.6 is 0 Å². The fourth-order valence-corrected chi connectivity index (χ4v) is 5.10. The number of ether oxygens (including phenoxy) is 1. The smallest absolute Gasteiger partial charge is 0.258 e. The Morgan fingerprint density at radius 3 is 2.81 bits per heavy atom. The lowest BCUT2D eigenvalue weighted by Crippen LogP contribution is -3.12. The lowest BCUT2D eigenvalue weighted by atomic mass is 10.0. The second kappa shape index (κ2) is 8.88. The molecule has 1 aromatic carbocycles. The van der Waals surface area contributed by atoms with E-state index in [1.165, 1.54) is 23.3 Å². The highest BCUT2D eigenvalue weighted by Crippen LogP contribution is 2.21. The average molecular weight is 424 g/mol. The van der Waals surface area contributed by atoms with Gasteiger partial charge in [0.2, 0.25) is 5.82 Å². The lowest BCUT2D eigenvalue weighted by Gasteiger charge is -2.27. The Bertz CT molecular complexity index is 1090. The molecule has 2 aliphatic rings. The molecular weight excluding hydrogens is 392 g/mol. The van der Waals surface area contributed by atoms with Crippen LogP contribution in [0.4, 0.5) is 0 Å². The number of nitrogens with zero attached hydrogens (tertiary/aromatic N) is 4. The Labute approximate surface area is 181 Å². The fraction of sp³-hybridized carbons (Fsp3) is 0.565. The number of pyridine rings is 1. The van der Waals surface area contributed by atoms with Crippen LogP contribution in [0.2, 0.25) is 0 Å². The summed E-state index contributed by atoms with van der Waals surface area (Å²) in [5.41, 5.74) is 2.73. The van der Waals surface area contributed by atoms with Crippen molar-refractivity contribution in [3.63, 3.8) is 0 Å². The number of aromatic nitrogens is 5. The maximum absolute atomic E-state index is 13.3. The van der Waals surface area contributed by atoms with Crippen LogP contribution in [-0.2, 0) is 11.3 Å². The molecule has 0 saturated carbocycles. The van der Waals surface area contributed by atoms with Gasteiger partial charge >= 0.3 is 0 Å². The molecule has 3 aromatic rings. The van der Waals surface area contributed by atoms with E-state index in [0.717, 1.165) is 67.7 Å². The summed E-state index contributed by atoms with van der Waals surface area (Å²) in [7, 11) is 0. The van der Waals surface area contributed by atoms with E-state index in [1.807, 2.05) is 16.8 Å². The summed E-state index contributed by atoms with van der Waals surface area (Å²) in [6, 6.07) is 7.99. The van der Waals surface area contributed by atoms with Crippen molar-refractivity contribution < 1.29 is 9.64 Å². The Kier molecular flexibility index (Phi) is 5.82. The minimum atomic E-state index is -0.192. The van der Waals surface area contributed by atoms with E-state index in [9.17, 15) is 4.79 Å². The zero-order chi connectivity index (χ0) is 21.2. The van der Waals surface area contributed by atoms with Crippen molar-refractivity contribution in [1.29, 1.82) is 0 Å². The molecule has 8 heteroatoms. The van der Waals surface area contributed by atoms with Gasteiger partial charge in [0.15, 0.2) is 6.04 Å². The number of hydrogen-bond acceptors (Lipinski definition) is 5. The van der Waals surface area contributed by atoms with Gasteiger partial charge in [-0.1, -0.05) is 11.6 Å². The zero-order valence-electron chi connectivity index (χ0n) is 18.1. The van der Waals surface area contributed by atoms with Gasteiger partial charge in [0.05, 0.1) is 31.3 Å². The molecule has 0 spiro atoms. The standard InChI is InChI=1S/C23H30N6O2/c1-16-8-9-20-17(13-16)14-19(23(30)24-20)21(28-10-4-2-3-5-11-28)22-25-26-27-29(22)15-18-7-6-12-31-18/h8-9,13-14,18,21H,2-7,10-12,15H2,1H3,(H,24,30)/p+1/t18-,21-/m1/s1. The molecule has 4 heterocycles. The molecule has 8 nitrogen and oxygen atoms in total. The van der Waals surface area contributed by atoms with Gasteiger partial charge in [-0.15, -0.1) is 5.10 Å². The molecule has 31 heavy (non-hydrogen) atoms. The van der Waals surface area contributed by atoms with Crippen molar-refractivity contribution in [3.8, 4) is 0 Å². The first kappa shape index (κ1) is 20.3. The number of tetrazole rings is 1. The maximum Gasteiger partial charge on any atom is 0.258 e. The van der Waals surface area contributed by atoms with Crippen LogP contribution in [-0.4, -0.2) is 51.0 Å². The van der Waals surface area contributed by atoms with E-state index >= 15 is 0 Å². The first-order valence-electron chi connectivity index (χ1n) is 11.5. The van der Waals surface area contributed by atoms with E-state index < -0.39 is 0 Å². The van der Waals surface area contributed by atoms with Crippen LogP contribution in [0.15, 0.2) is 29.1 Å². The number of aromatic amines is 1. The first-order valence-corrected chi connectivity index (χ1v) is 11.5. The van der Waals surface area contributed by atoms with Gasteiger partial charge in [-0.05, 0) is 79.5 Å². The highest BCUT2D eigenvalue weighted by Gasteiger charge is 2.35. The number of hydrogen-bond donors (Lipinski definition) is 2. The third-order valence-corrected chi connectivity index (χ3v) is 6.71. The number of quaternary nitrogens is 1. The third-order valence-electron chi connectivity index (χ3n) is 6.71. The van der Waals surface area contributed by atoms with Crippen molar-refractivity contribution in [2.75, 3.05) is 19.7 Å². The lowest BCUT2D eigenvalue weighted by molar-refractivity contribution is -0.925. The van der Waals surface area contributed by atoms with Gasteiger partial charge in [-0.25, -0.2) is 4.68 Å². The Hall–Kier alpha value is -2.58. The van der Waals surface area contributed by atoms with Gasteiger partial charge in [-0.2, -0.15) is 0 Å². The minimum absolute atomic E-state index is 0.0511. The molecule has 164 valence electrons. The number of fused-ring (bicyclic) bond motifs is 1. The zero-order valence-corrected chi connectivity index (χ0v) is 18.1. The fourth-order valence-electron chi connectivity index (χ4n) is 5.10. The second-order valence-corrected chi connectivity index (χ2v) is 9.00.